The van der Waals surface area contributed by atoms with Gasteiger partial charge in [0.05, 0.1) is 11.3 Å². The fraction of sp³-hybridized carbons (Fsp3) is 0.429. The number of carbonyl (C=O) groups excluding carboxylic acids is 1. The molecule has 19 heavy (non-hydrogen) atoms. The maximum absolute atomic E-state index is 11.9. The van der Waals surface area contributed by atoms with Crippen LogP contribution in [0.2, 0.25) is 0 Å². The van der Waals surface area contributed by atoms with E-state index >= 15 is 0 Å². The van der Waals surface area contributed by atoms with Gasteiger partial charge in [0.1, 0.15) is 0 Å². The fourth-order valence-electron chi connectivity index (χ4n) is 2.57. The van der Waals surface area contributed by atoms with Gasteiger partial charge in [-0.3, -0.25) is 4.79 Å². The Labute approximate surface area is 112 Å². The van der Waals surface area contributed by atoms with Gasteiger partial charge in [0, 0.05) is 23.9 Å². The van der Waals surface area contributed by atoms with E-state index in [2.05, 4.69) is 15.5 Å². The molecule has 0 atom stereocenters. The number of hydrogen-bond donors (Lipinski definition) is 3. The molecule has 1 aliphatic heterocycles. The van der Waals surface area contributed by atoms with E-state index in [4.69, 9.17) is 5.73 Å². The summed E-state index contributed by atoms with van der Waals surface area (Å²) in [6.07, 6.45) is 4.16. The number of amides is 1. The van der Waals surface area contributed by atoms with Gasteiger partial charge in [0.15, 0.2) is 0 Å². The Bertz CT molecular complexity index is 605. The zero-order chi connectivity index (χ0) is 13.6. The van der Waals surface area contributed by atoms with E-state index in [0.717, 1.165) is 41.1 Å². The minimum absolute atomic E-state index is 0.108. The summed E-state index contributed by atoms with van der Waals surface area (Å²) in [4.78, 5) is 15.2. The van der Waals surface area contributed by atoms with Crippen molar-refractivity contribution in [2.75, 3.05) is 0 Å². The molecule has 0 saturated heterocycles. The van der Waals surface area contributed by atoms with Gasteiger partial charge in [0.2, 0.25) is 0 Å². The first-order valence-corrected chi connectivity index (χ1v) is 6.60. The number of aromatic amines is 1. The molecule has 2 aliphatic rings. The smallest absolute Gasteiger partial charge is 0.273 e. The molecule has 5 heteroatoms. The van der Waals surface area contributed by atoms with Crippen LogP contribution in [-0.2, 0) is 11.3 Å². The summed E-state index contributed by atoms with van der Waals surface area (Å²) < 4.78 is 0. The van der Waals surface area contributed by atoms with Gasteiger partial charge in [-0.25, -0.2) is 5.43 Å². The molecule has 5 nitrogen and oxygen atoms in total. The average molecular weight is 258 g/mol. The van der Waals surface area contributed by atoms with E-state index in [1.54, 1.807) is 0 Å². The van der Waals surface area contributed by atoms with Crippen LogP contribution in [0.15, 0.2) is 10.7 Å². The van der Waals surface area contributed by atoms with Crippen LogP contribution in [0.5, 0.6) is 0 Å². The molecule has 3 rings (SSSR count). The summed E-state index contributed by atoms with van der Waals surface area (Å²) in [6, 6.07) is 0. The Kier molecular flexibility index (Phi) is 2.78. The zero-order valence-corrected chi connectivity index (χ0v) is 11.2. The molecule has 0 unspecified atom stereocenters. The van der Waals surface area contributed by atoms with Crippen molar-refractivity contribution >= 4 is 17.7 Å². The predicted octanol–water partition coefficient (Wildman–Crippen LogP) is 1.37. The van der Waals surface area contributed by atoms with Gasteiger partial charge in [-0.2, -0.15) is 5.10 Å². The minimum atomic E-state index is -0.108. The third kappa shape index (κ3) is 2.00. The van der Waals surface area contributed by atoms with E-state index in [0.29, 0.717) is 18.0 Å². The fourth-order valence-corrected chi connectivity index (χ4v) is 2.57. The number of aromatic nitrogens is 1. The Morgan fingerprint density at radius 2 is 2.16 bits per heavy atom. The van der Waals surface area contributed by atoms with Crippen LogP contribution in [0.4, 0.5) is 0 Å². The van der Waals surface area contributed by atoms with Crippen LogP contribution < -0.4 is 11.2 Å². The number of rotatable bonds is 3. The first kappa shape index (κ1) is 12.2. The molecule has 1 saturated carbocycles. The summed E-state index contributed by atoms with van der Waals surface area (Å²) in [6.45, 7) is 4.54. The van der Waals surface area contributed by atoms with Crippen molar-refractivity contribution in [1.82, 2.24) is 10.4 Å². The van der Waals surface area contributed by atoms with Crippen LogP contribution in [-0.4, -0.2) is 16.6 Å². The van der Waals surface area contributed by atoms with Crippen molar-refractivity contribution in [2.24, 2.45) is 16.8 Å². The molecule has 1 fully saturated rings. The van der Waals surface area contributed by atoms with Crippen molar-refractivity contribution in [2.45, 2.75) is 33.2 Å². The summed E-state index contributed by atoms with van der Waals surface area (Å²) in [5.74, 6) is 0.346. The molecule has 100 valence electrons. The summed E-state index contributed by atoms with van der Waals surface area (Å²) >= 11 is 0. The van der Waals surface area contributed by atoms with Crippen molar-refractivity contribution in [3.63, 3.8) is 0 Å². The predicted molar refractivity (Wildman–Crippen MR) is 74.4 cm³/mol. The van der Waals surface area contributed by atoms with Crippen LogP contribution in [0, 0.1) is 19.8 Å². The monoisotopic (exact) mass is 258 g/mol. The number of carbonyl (C=O) groups is 1. The Balaban J connectivity index is 2.00. The lowest BCUT2D eigenvalue weighted by molar-refractivity contribution is -0.116. The van der Waals surface area contributed by atoms with Gasteiger partial charge in [-0.05, 0) is 43.9 Å². The SMILES string of the molecule is Cc1[nH]c(/C=C2/C(=O)NN=C2C2CC2)c(C)c1CN. The lowest BCUT2D eigenvalue weighted by Gasteiger charge is -1.99. The first-order chi connectivity index (χ1) is 9.11. The molecule has 0 spiro atoms. The molecular weight excluding hydrogens is 240 g/mol. The number of nitrogens with one attached hydrogen (secondary N) is 2. The Morgan fingerprint density at radius 1 is 1.42 bits per heavy atom. The molecule has 0 bridgehead atoms. The third-order valence-electron chi connectivity index (χ3n) is 3.89. The lowest BCUT2D eigenvalue weighted by Crippen LogP contribution is -2.13. The van der Waals surface area contributed by atoms with Gasteiger partial charge >= 0.3 is 0 Å². The van der Waals surface area contributed by atoms with E-state index in [1.807, 2.05) is 19.9 Å². The Hall–Kier alpha value is -1.88. The number of hydrogen-bond acceptors (Lipinski definition) is 3. The highest BCUT2D eigenvalue weighted by Gasteiger charge is 2.35. The molecule has 0 radical (unpaired) electrons. The topological polar surface area (TPSA) is 83.3 Å². The molecule has 1 aliphatic carbocycles. The second-order valence-electron chi connectivity index (χ2n) is 5.24. The minimum Gasteiger partial charge on any atom is -0.359 e. The molecule has 1 aromatic rings. The number of hydrazone groups is 1. The lowest BCUT2D eigenvalue weighted by atomic mass is 10.0. The highest BCUT2D eigenvalue weighted by Crippen LogP contribution is 2.35. The number of aryl methyl sites for hydroxylation is 1. The van der Waals surface area contributed by atoms with Crippen LogP contribution in [0.1, 0.15) is 35.4 Å². The van der Waals surface area contributed by atoms with Gasteiger partial charge in [-0.15, -0.1) is 0 Å². The van der Waals surface area contributed by atoms with Gasteiger partial charge in [-0.1, -0.05) is 0 Å². The van der Waals surface area contributed by atoms with Crippen LogP contribution in [0.3, 0.4) is 0 Å². The van der Waals surface area contributed by atoms with Gasteiger partial charge < -0.3 is 10.7 Å². The highest BCUT2D eigenvalue weighted by molar-refractivity contribution is 6.28. The Morgan fingerprint density at radius 3 is 2.74 bits per heavy atom. The van der Waals surface area contributed by atoms with Crippen molar-refractivity contribution in [1.29, 1.82) is 0 Å². The number of nitrogens with two attached hydrogens (primary N) is 1. The summed E-state index contributed by atoms with van der Waals surface area (Å²) in [7, 11) is 0. The normalized spacial score (nSPS) is 20.9. The molecule has 1 amide bonds. The first-order valence-electron chi connectivity index (χ1n) is 6.60. The van der Waals surface area contributed by atoms with E-state index < -0.39 is 0 Å². The second-order valence-corrected chi connectivity index (χ2v) is 5.24. The average Bonchev–Trinajstić information content (AvgIpc) is 3.10. The molecule has 1 aromatic heterocycles. The molecule has 4 N–H and O–H groups in total. The van der Waals surface area contributed by atoms with E-state index in [1.165, 1.54) is 0 Å². The van der Waals surface area contributed by atoms with Crippen LogP contribution >= 0.6 is 0 Å². The quantitative estimate of drug-likeness (QED) is 0.715. The molecular formula is C14H18N4O. The largest absolute Gasteiger partial charge is 0.359 e. The van der Waals surface area contributed by atoms with E-state index in [-0.39, 0.29) is 5.91 Å². The number of H-pyrrole nitrogens is 1. The van der Waals surface area contributed by atoms with Crippen molar-refractivity contribution in [3.8, 4) is 0 Å². The summed E-state index contributed by atoms with van der Waals surface area (Å²) in [5, 5.41) is 4.15. The third-order valence-corrected chi connectivity index (χ3v) is 3.89. The van der Waals surface area contributed by atoms with Crippen molar-refractivity contribution in [3.05, 3.63) is 28.1 Å². The van der Waals surface area contributed by atoms with Crippen LogP contribution in [0.25, 0.3) is 6.08 Å². The number of nitrogens with zero attached hydrogens (tertiary/aromatic N) is 1. The highest BCUT2D eigenvalue weighted by atomic mass is 16.2. The summed E-state index contributed by atoms with van der Waals surface area (Å²) in [5.41, 5.74) is 14.2. The van der Waals surface area contributed by atoms with E-state index in [9.17, 15) is 4.79 Å². The maximum Gasteiger partial charge on any atom is 0.273 e. The maximum atomic E-state index is 11.9. The second kappa shape index (κ2) is 4.35. The zero-order valence-electron chi connectivity index (χ0n) is 11.2. The van der Waals surface area contributed by atoms with Crippen molar-refractivity contribution < 1.29 is 4.79 Å². The standard InChI is InChI=1S/C14H18N4O/c1-7-11(6-15)8(2)16-12(7)5-10-13(9-3-4-9)17-18-14(10)19/h5,9,16H,3-4,6,15H2,1-2H3,(H,18,19)/b10-5+. The molecule has 2 heterocycles. The molecule has 0 aromatic carbocycles. The van der Waals surface area contributed by atoms with Gasteiger partial charge in [0.25, 0.3) is 5.91 Å².